The van der Waals surface area contributed by atoms with Gasteiger partial charge >= 0.3 is 0 Å². The largest absolute Gasteiger partial charge is 0.493 e. The summed E-state index contributed by atoms with van der Waals surface area (Å²) in [5.74, 6) is 0.621. The number of nitrogens with one attached hydrogen (secondary N) is 2. The average Bonchev–Trinajstić information content (AvgIpc) is 2.66. The number of ether oxygens (including phenoxy) is 1. The molecule has 0 saturated carbocycles. The molecule has 0 unspecified atom stereocenters. The van der Waals surface area contributed by atoms with E-state index in [1.54, 1.807) is 36.4 Å². The van der Waals surface area contributed by atoms with E-state index in [2.05, 4.69) is 10.6 Å². The van der Waals surface area contributed by atoms with Crippen LogP contribution < -0.4 is 15.4 Å². The van der Waals surface area contributed by atoms with Gasteiger partial charge in [-0.1, -0.05) is 19.9 Å². The van der Waals surface area contributed by atoms with Gasteiger partial charge in [-0.3, -0.25) is 10.1 Å². The van der Waals surface area contributed by atoms with Crippen LogP contribution in [0.25, 0.3) is 0 Å². The number of carbonyl (C=O) groups is 1. The van der Waals surface area contributed by atoms with Crippen molar-refractivity contribution in [2.45, 2.75) is 18.7 Å². The van der Waals surface area contributed by atoms with E-state index >= 15 is 0 Å². The molecule has 0 aliphatic heterocycles. The van der Waals surface area contributed by atoms with Crippen LogP contribution in [0, 0.1) is 5.92 Å². The number of carbonyl (C=O) groups excluding carboxylic acids is 1. The Morgan fingerprint density at radius 2 is 1.79 bits per heavy atom. The molecule has 156 valence electrons. The molecule has 2 rings (SSSR count). The smallest absolute Gasteiger partial charge is 0.257 e. The van der Waals surface area contributed by atoms with Crippen molar-refractivity contribution in [3.05, 3.63) is 54.1 Å². The molecule has 0 fully saturated rings. The molecule has 1 amide bonds. The van der Waals surface area contributed by atoms with E-state index in [4.69, 9.17) is 17.0 Å². The van der Waals surface area contributed by atoms with Gasteiger partial charge in [-0.25, -0.2) is 12.7 Å². The molecule has 9 heteroatoms. The van der Waals surface area contributed by atoms with Crippen molar-refractivity contribution in [3.8, 4) is 5.75 Å². The molecule has 0 bridgehead atoms. The second-order valence-corrected chi connectivity index (χ2v) is 9.51. The SMILES string of the molecule is CC(C)COc1cccc(C(=O)NC(=S)Nc2ccc(S(=O)(=O)N(C)C)cc2)c1. The minimum atomic E-state index is -3.50. The number of rotatable bonds is 7. The molecule has 0 atom stereocenters. The van der Waals surface area contributed by atoms with Crippen molar-refractivity contribution in [2.24, 2.45) is 5.92 Å². The predicted molar refractivity (Wildman–Crippen MR) is 118 cm³/mol. The van der Waals surface area contributed by atoms with E-state index in [1.807, 2.05) is 13.8 Å². The number of hydrogen-bond acceptors (Lipinski definition) is 5. The molecule has 0 aliphatic rings. The van der Waals surface area contributed by atoms with Gasteiger partial charge < -0.3 is 10.1 Å². The summed E-state index contributed by atoms with van der Waals surface area (Å²) in [6, 6.07) is 13.0. The summed E-state index contributed by atoms with van der Waals surface area (Å²) < 4.78 is 31.0. The molecule has 7 nitrogen and oxygen atoms in total. The number of benzene rings is 2. The van der Waals surface area contributed by atoms with Crippen molar-refractivity contribution < 1.29 is 17.9 Å². The van der Waals surface area contributed by atoms with Gasteiger partial charge in [0, 0.05) is 25.3 Å². The number of nitrogens with zero attached hydrogens (tertiary/aromatic N) is 1. The van der Waals surface area contributed by atoms with E-state index in [0.717, 1.165) is 4.31 Å². The molecule has 0 radical (unpaired) electrons. The molecule has 0 saturated heterocycles. The molecule has 2 aromatic carbocycles. The first-order chi connectivity index (χ1) is 13.6. The van der Waals surface area contributed by atoms with Crippen LogP contribution in [0.4, 0.5) is 5.69 Å². The van der Waals surface area contributed by atoms with Gasteiger partial charge in [0.25, 0.3) is 5.91 Å². The Hall–Kier alpha value is -2.49. The first-order valence-electron chi connectivity index (χ1n) is 8.97. The van der Waals surface area contributed by atoms with E-state index in [1.165, 1.54) is 26.2 Å². The van der Waals surface area contributed by atoms with Crippen LogP contribution in [0.15, 0.2) is 53.4 Å². The molecule has 0 spiro atoms. The Balaban J connectivity index is 1.99. The highest BCUT2D eigenvalue weighted by Gasteiger charge is 2.16. The quantitative estimate of drug-likeness (QED) is 0.650. The summed E-state index contributed by atoms with van der Waals surface area (Å²) in [6.45, 7) is 4.65. The van der Waals surface area contributed by atoms with Gasteiger partial charge in [0.2, 0.25) is 10.0 Å². The van der Waals surface area contributed by atoms with Gasteiger partial charge in [-0.2, -0.15) is 0 Å². The van der Waals surface area contributed by atoms with Gasteiger partial charge in [0.15, 0.2) is 5.11 Å². The van der Waals surface area contributed by atoms with Crippen molar-refractivity contribution in [1.82, 2.24) is 9.62 Å². The van der Waals surface area contributed by atoms with Crippen molar-refractivity contribution in [1.29, 1.82) is 0 Å². The Kier molecular flexibility index (Phi) is 7.72. The highest BCUT2D eigenvalue weighted by atomic mass is 32.2. The maximum absolute atomic E-state index is 12.4. The highest BCUT2D eigenvalue weighted by molar-refractivity contribution is 7.89. The summed E-state index contributed by atoms with van der Waals surface area (Å²) in [5.41, 5.74) is 0.977. The van der Waals surface area contributed by atoms with E-state index in [9.17, 15) is 13.2 Å². The Bertz CT molecular complexity index is 971. The number of hydrogen-bond donors (Lipinski definition) is 2. The van der Waals surface area contributed by atoms with Crippen molar-refractivity contribution in [2.75, 3.05) is 26.0 Å². The van der Waals surface area contributed by atoms with E-state index < -0.39 is 10.0 Å². The zero-order valence-corrected chi connectivity index (χ0v) is 18.4. The number of amides is 1. The maximum atomic E-state index is 12.4. The second kappa shape index (κ2) is 9.82. The first kappa shape index (κ1) is 22.8. The molecule has 2 aromatic rings. The normalized spacial score (nSPS) is 11.4. The maximum Gasteiger partial charge on any atom is 0.257 e. The summed E-state index contributed by atoms with van der Waals surface area (Å²) >= 11 is 5.18. The molecular weight excluding hydrogens is 410 g/mol. The van der Waals surface area contributed by atoms with Gasteiger partial charge in [0.05, 0.1) is 11.5 Å². The third-order valence-corrected chi connectivity index (χ3v) is 5.83. The monoisotopic (exact) mass is 435 g/mol. The first-order valence-corrected chi connectivity index (χ1v) is 10.8. The molecule has 29 heavy (non-hydrogen) atoms. The lowest BCUT2D eigenvalue weighted by Gasteiger charge is -2.13. The standard InChI is InChI=1S/C20H25N3O4S2/c1-14(2)13-27-17-7-5-6-15(12-17)19(24)22-20(28)21-16-8-10-18(11-9-16)29(25,26)23(3)4/h5-12,14H,13H2,1-4H3,(H2,21,22,24,28). The second-order valence-electron chi connectivity index (χ2n) is 6.95. The van der Waals surface area contributed by atoms with Crippen LogP contribution in [0.2, 0.25) is 0 Å². The number of thiocarbonyl (C=S) groups is 1. The lowest BCUT2D eigenvalue weighted by Crippen LogP contribution is -2.34. The van der Waals surface area contributed by atoms with Crippen LogP contribution in [0.1, 0.15) is 24.2 Å². The summed E-state index contributed by atoms with van der Waals surface area (Å²) in [5, 5.41) is 5.57. The van der Waals surface area contributed by atoms with Gasteiger partial charge in [-0.15, -0.1) is 0 Å². The Morgan fingerprint density at radius 3 is 2.38 bits per heavy atom. The molecule has 0 aromatic heterocycles. The fourth-order valence-corrected chi connectivity index (χ4v) is 3.36. The lowest BCUT2D eigenvalue weighted by atomic mass is 10.2. The lowest BCUT2D eigenvalue weighted by molar-refractivity contribution is 0.0977. The van der Waals surface area contributed by atoms with Crippen LogP contribution in [-0.2, 0) is 10.0 Å². The van der Waals surface area contributed by atoms with Gasteiger partial charge in [0.1, 0.15) is 5.75 Å². The minimum Gasteiger partial charge on any atom is -0.493 e. The van der Waals surface area contributed by atoms with Crippen LogP contribution >= 0.6 is 12.2 Å². The predicted octanol–water partition coefficient (Wildman–Crippen LogP) is 3.10. The minimum absolute atomic E-state index is 0.103. The summed E-state index contributed by atoms with van der Waals surface area (Å²) in [6.07, 6.45) is 0. The van der Waals surface area contributed by atoms with Crippen molar-refractivity contribution >= 4 is 38.9 Å². The van der Waals surface area contributed by atoms with Crippen molar-refractivity contribution in [3.63, 3.8) is 0 Å². The van der Waals surface area contributed by atoms with E-state index in [-0.39, 0.29) is 15.9 Å². The van der Waals surface area contributed by atoms with E-state index in [0.29, 0.717) is 29.5 Å². The molecule has 0 aliphatic carbocycles. The molecular formula is C20H25N3O4S2. The van der Waals surface area contributed by atoms with Crippen LogP contribution in [-0.4, -0.2) is 44.4 Å². The highest BCUT2D eigenvalue weighted by Crippen LogP contribution is 2.17. The summed E-state index contributed by atoms with van der Waals surface area (Å²) in [4.78, 5) is 12.6. The average molecular weight is 436 g/mol. The number of sulfonamides is 1. The third kappa shape index (κ3) is 6.52. The Morgan fingerprint density at radius 1 is 1.14 bits per heavy atom. The fraction of sp³-hybridized carbons (Fsp3) is 0.300. The topological polar surface area (TPSA) is 87.7 Å². The molecule has 2 N–H and O–H groups in total. The molecule has 0 heterocycles. The van der Waals surface area contributed by atoms with Crippen LogP contribution in [0.5, 0.6) is 5.75 Å². The Labute approximate surface area is 177 Å². The zero-order valence-electron chi connectivity index (χ0n) is 16.8. The third-order valence-electron chi connectivity index (χ3n) is 3.80. The van der Waals surface area contributed by atoms with Gasteiger partial charge in [-0.05, 0) is 60.6 Å². The summed E-state index contributed by atoms with van der Waals surface area (Å²) in [7, 11) is -0.566. The number of anilines is 1. The fourth-order valence-electron chi connectivity index (χ4n) is 2.25. The van der Waals surface area contributed by atoms with Crippen LogP contribution in [0.3, 0.4) is 0 Å². The zero-order chi connectivity index (χ0) is 21.6.